The summed E-state index contributed by atoms with van der Waals surface area (Å²) in [7, 11) is 0. The Morgan fingerprint density at radius 2 is 2.04 bits per heavy atom. The van der Waals surface area contributed by atoms with Crippen molar-refractivity contribution in [1.29, 1.82) is 0 Å². The molecule has 1 N–H and O–H groups in total. The first-order valence-electron chi connectivity index (χ1n) is 8.46. The molecule has 1 aromatic carbocycles. The highest BCUT2D eigenvalue weighted by Crippen LogP contribution is 2.30. The molecule has 0 unspecified atom stereocenters. The van der Waals surface area contributed by atoms with Crippen LogP contribution in [0.2, 0.25) is 0 Å². The van der Waals surface area contributed by atoms with Gasteiger partial charge in [-0.2, -0.15) is 0 Å². The van der Waals surface area contributed by atoms with E-state index in [4.69, 9.17) is 9.72 Å². The third kappa shape index (κ3) is 3.25. The van der Waals surface area contributed by atoms with Crippen molar-refractivity contribution in [2.75, 3.05) is 13.2 Å². The highest BCUT2D eigenvalue weighted by molar-refractivity contribution is 6.05. The minimum absolute atomic E-state index is 0.253. The van der Waals surface area contributed by atoms with Crippen LogP contribution in [0.25, 0.3) is 10.9 Å². The molecule has 5 heteroatoms. The summed E-state index contributed by atoms with van der Waals surface area (Å²) in [5.74, 6) is -0.716. The summed E-state index contributed by atoms with van der Waals surface area (Å²) in [6, 6.07) is 5.91. The van der Waals surface area contributed by atoms with Crippen molar-refractivity contribution in [2.24, 2.45) is 0 Å². The molecule has 0 saturated heterocycles. The van der Waals surface area contributed by atoms with E-state index in [0.717, 1.165) is 53.4 Å². The van der Waals surface area contributed by atoms with Crippen LogP contribution in [0.3, 0.4) is 0 Å². The van der Waals surface area contributed by atoms with E-state index in [9.17, 15) is 9.59 Å². The van der Waals surface area contributed by atoms with Gasteiger partial charge in [-0.25, -0.2) is 4.79 Å². The average Bonchev–Trinajstić information content (AvgIpc) is 2.58. The van der Waals surface area contributed by atoms with E-state index in [1.807, 2.05) is 32.0 Å². The zero-order valence-electron chi connectivity index (χ0n) is 14.1. The molecule has 3 rings (SSSR count). The Bertz CT molecular complexity index is 799. The number of fused-ring (bicyclic) bond motifs is 2. The minimum Gasteiger partial charge on any atom is -0.452 e. The number of hydrogen-bond donors (Lipinski definition) is 1. The van der Waals surface area contributed by atoms with Crippen LogP contribution in [0.15, 0.2) is 18.2 Å². The van der Waals surface area contributed by atoms with E-state index in [1.165, 1.54) is 0 Å². The molecule has 0 atom stereocenters. The van der Waals surface area contributed by atoms with E-state index in [-0.39, 0.29) is 12.5 Å². The molecular formula is C19H22N2O3. The lowest BCUT2D eigenvalue weighted by Crippen LogP contribution is -2.28. The largest absolute Gasteiger partial charge is 0.452 e. The summed E-state index contributed by atoms with van der Waals surface area (Å²) in [5, 5.41) is 3.45. The molecule has 2 aromatic rings. The third-order valence-electron chi connectivity index (χ3n) is 4.33. The molecule has 126 valence electrons. The maximum atomic E-state index is 12.7. The second-order valence-electron chi connectivity index (χ2n) is 6.17. The van der Waals surface area contributed by atoms with Gasteiger partial charge in [0.05, 0.1) is 11.1 Å². The first-order valence-corrected chi connectivity index (χ1v) is 8.46. The average molecular weight is 326 g/mol. The second-order valence-corrected chi connectivity index (χ2v) is 6.17. The Morgan fingerprint density at radius 3 is 2.83 bits per heavy atom. The highest BCUT2D eigenvalue weighted by Gasteiger charge is 2.24. The second kappa shape index (κ2) is 6.99. The van der Waals surface area contributed by atoms with Crippen molar-refractivity contribution in [3.63, 3.8) is 0 Å². The van der Waals surface area contributed by atoms with Crippen LogP contribution in [-0.4, -0.2) is 30.0 Å². The number of carbonyl (C=O) groups is 2. The molecular weight excluding hydrogens is 304 g/mol. The lowest BCUT2D eigenvalue weighted by atomic mass is 9.89. The molecule has 1 aliphatic carbocycles. The van der Waals surface area contributed by atoms with Crippen molar-refractivity contribution in [3.8, 4) is 0 Å². The molecule has 5 nitrogen and oxygen atoms in total. The molecule has 1 heterocycles. The van der Waals surface area contributed by atoms with Crippen molar-refractivity contribution in [3.05, 3.63) is 40.6 Å². The standard InChI is InChI=1S/C19H22N2O3/c1-3-20-17(22)11-24-19(23)18-13-6-4-5-7-15(13)21-16-9-8-12(2)10-14(16)18/h8-10H,3-7,11H2,1-2H3,(H,20,22). The van der Waals surface area contributed by atoms with Crippen molar-refractivity contribution in [1.82, 2.24) is 10.3 Å². The zero-order valence-corrected chi connectivity index (χ0v) is 14.1. The molecule has 0 bridgehead atoms. The van der Waals surface area contributed by atoms with E-state index in [2.05, 4.69) is 5.32 Å². The molecule has 0 aliphatic heterocycles. The number of esters is 1. The summed E-state index contributed by atoms with van der Waals surface area (Å²) in [6.07, 6.45) is 3.85. The normalized spacial score (nSPS) is 13.4. The van der Waals surface area contributed by atoms with Crippen molar-refractivity contribution in [2.45, 2.75) is 39.5 Å². The van der Waals surface area contributed by atoms with Gasteiger partial charge in [-0.15, -0.1) is 0 Å². The highest BCUT2D eigenvalue weighted by atomic mass is 16.5. The smallest absolute Gasteiger partial charge is 0.339 e. The van der Waals surface area contributed by atoms with Crippen molar-refractivity contribution >= 4 is 22.8 Å². The number of nitrogens with one attached hydrogen (secondary N) is 1. The number of benzene rings is 1. The Kier molecular flexibility index (Phi) is 4.79. The maximum Gasteiger partial charge on any atom is 0.339 e. The van der Waals surface area contributed by atoms with Crippen LogP contribution in [-0.2, 0) is 22.4 Å². The minimum atomic E-state index is -0.433. The molecule has 0 fully saturated rings. The summed E-state index contributed by atoms with van der Waals surface area (Å²) < 4.78 is 5.28. The lowest BCUT2D eigenvalue weighted by Gasteiger charge is -2.20. The van der Waals surface area contributed by atoms with Crippen LogP contribution >= 0.6 is 0 Å². The van der Waals surface area contributed by atoms with Gasteiger partial charge in [-0.3, -0.25) is 9.78 Å². The number of ether oxygens (including phenoxy) is 1. The summed E-state index contributed by atoms with van der Waals surface area (Å²) in [4.78, 5) is 29.0. The maximum absolute atomic E-state index is 12.7. The Hall–Kier alpha value is -2.43. The molecule has 1 aliphatic rings. The number of likely N-dealkylation sites (N-methyl/N-ethyl adjacent to an activating group) is 1. The quantitative estimate of drug-likeness (QED) is 0.877. The van der Waals surface area contributed by atoms with Gasteiger partial charge in [0.1, 0.15) is 0 Å². The topological polar surface area (TPSA) is 68.3 Å². The molecule has 0 saturated carbocycles. The number of hydrogen-bond acceptors (Lipinski definition) is 4. The van der Waals surface area contributed by atoms with E-state index in [0.29, 0.717) is 12.1 Å². The predicted molar refractivity (Wildman–Crippen MR) is 92.1 cm³/mol. The SMILES string of the molecule is CCNC(=O)COC(=O)c1c2c(nc3ccc(C)cc13)CCCC2. The van der Waals surface area contributed by atoms with Gasteiger partial charge in [-0.1, -0.05) is 11.6 Å². The summed E-state index contributed by atoms with van der Waals surface area (Å²) in [6.45, 7) is 4.08. The van der Waals surface area contributed by atoms with E-state index in [1.54, 1.807) is 0 Å². The van der Waals surface area contributed by atoms with Gasteiger partial charge < -0.3 is 10.1 Å². The first kappa shape index (κ1) is 16.4. The predicted octanol–water partition coefficient (Wildman–Crippen LogP) is 2.71. The number of aryl methyl sites for hydroxylation is 2. The number of amides is 1. The molecule has 0 radical (unpaired) electrons. The number of nitrogens with zero attached hydrogens (tertiary/aromatic N) is 1. The Balaban J connectivity index is 2.02. The van der Waals surface area contributed by atoms with Crippen molar-refractivity contribution < 1.29 is 14.3 Å². The monoisotopic (exact) mass is 326 g/mol. The van der Waals surface area contributed by atoms with Crippen LogP contribution in [0.4, 0.5) is 0 Å². The number of pyridine rings is 1. The Labute approximate surface area is 141 Å². The van der Waals surface area contributed by atoms with Gasteiger partial charge in [-0.05, 0) is 57.2 Å². The van der Waals surface area contributed by atoms with Crippen LogP contribution in [0.5, 0.6) is 0 Å². The number of rotatable bonds is 4. The van der Waals surface area contributed by atoms with Gasteiger partial charge in [0.2, 0.25) is 0 Å². The van der Waals surface area contributed by atoms with Crippen LogP contribution in [0, 0.1) is 6.92 Å². The number of carbonyl (C=O) groups excluding carboxylic acids is 2. The van der Waals surface area contributed by atoms with Gasteiger partial charge in [0.25, 0.3) is 5.91 Å². The fourth-order valence-corrected chi connectivity index (χ4v) is 3.22. The molecule has 1 aromatic heterocycles. The van der Waals surface area contributed by atoms with Gasteiger partial charge >= 0.3 is 5.97 Å². The first-order chi connectivity index (χ1) is 11.6. The Morgan fingerprint density at radius 1 is 1.25 bits per heavy atom. The number of aromatic nitrogens is 1. The van der Waals surface area contributed by atoms with E-state index < -0.39 is 5.97 Å². The van der Waals surface area contributed by atoms with Crippen LogP contribution in [0.1, 0.15) is 46.9 Å². The molecule has 0 spiro atoms. The lowest BCUT2D eigenvalue weighted by molar-refractivity contribution is -0.124. The van der Waals surface area contributed by atoms with Crippen LogP contribution < -0.4 is 5.32 Å². The van der Waals surface area contributed by atoms with Gasteiger partial charge in [0, 0.05) is 17.6 Å². The zero-order chi connectivity index (χ0) is 17.1. The molecule has 24 heavy (non-hydrogen) atoms. The van der Waals surface area contributed by atoms with E-state index >= 15 is 0 Å². The van der Waals surface area contributed by atoms with Gasteiger partial charge in [0.15, 0.2) is 6.61 Å². The summed E-state index contributed by atoms with van der Waals surface area (Å²) in [5.41, 5.74) is 4.44. The fourth-order valence-electron chi connectivity index (χ4n) is 3.22. The fraction of sp³-hybridized carbons (Fsp3) is 0.421. The summed E-state index contributed by atoms with van der Waals surface area (Å²) >= 11 is 0. The molecule has 1 amide bonds. The third-order valence-corrected chi connectivity index (χ3v) is 4.33.